The van der Waals surface area contributed by atoms with E-state index < -0.39 is 4.92 Å². The summed E-state index contributed by atoms with van der Waals surface area (Å²) in [4.78, 5) is 12.3. The monoisotopic (exact) mass is 286 g/mol. The van der Waals surface area contributed by atoms with Gasteiger partial charge in [0.2, 0.25) is 6.79 Å². The van der Waals surface area contributed by atoms with Crippen molar-refractivity contribution in [2.45, 2.75) is 6.54 Å². The first-order chi connectivity index (χ1) is 10.1. The number of rotatable bonds is 4. The third-order valence-corrected chi connectivity index (χ3v) is 3.36. The summed E-state index contributed by atoms with van der Waals surface area (Å²) in [5.74, 6) is 1.52. The Morgan fingerprint density at radius 1 is 1.14 bits per heavy atom. The van der Waals surface area contributed by atoms with Crippen LogP contribution in [0, 0.1) is 10.1 Å². The van der Waals surface area contributed by atoms with E-state index in [4.69, 9.17) is 9.47 Å². The highest BCUT2D eigenvalue weighted by molar-refractivity contribution is 5.51. The van der Waals surface area contributed by atoms with E-state index in [2.05, 4.69) is 0 Å². The van der Waals surface area contributed by atoms with Crippen molar-refractivity contribution in [3.05, 3.63) is 58.1 Å². The molecule has 6 nitrogen and oxygen atoms in total. The molecular weight excluding hydrogens is 272 g/mol. The van der Waals surface area contributed by atoms with Gasteiger partial charge in [-0.1, -0.05) is 6.07 Å². The molecule has 1 heterocycles. The molecule has 0 fully saturated rings. The molecule has 3 rings (SSSR count). The van der Waals surface area contributed by atoms with E-state index in [-0.39, 0.29) is 12.5 Å². The molecule has 0 radical (unpaired) electrons. The van der Waals surface area contributed by atoms with Gasteiger partial charge < -0.3 is 14.4 Å². The molecule has 21 heavy (non-hydrogen) atoms. The minimum absolute atomic E-state index is 0.0928. The van der Waals surface area contributed by atoms with Gasteiger partial charge in [0.15, 0.2) is 11.5 Å². The summed E-state index contributed by atoms with van der Waals surface area (Å²) >= 11 is 0. The largest absolute Gasteiger partial charge is 0.454 e. The SMILES string of the molecule is CN(Cc1ccc2c(c1)OCO2)c1ccc([N+](=O)[O-])cc1. The van der Waals surface area contributed by atoms with Gasteiger partial charge >= 0.3 is 0 Å². The maximum absolute atomic E-state index is 10.6. The second kappa shape index (κ2) is 5.32. The van der Waals surface area contributed by atoms with Crippen LogP contribution in [-0.2, 0) is 6.54 Å². The van der Waals surface area contributed by atoms with Crippen LogP contribution in [0.2, 0.25) is 0 Å². The Hall–Kier alpha value is -2.76. The number of nitro groups is 1. The Balaban J connectivity index is 1.73. The lowest BCUT2D eigenvalue weighted by atomic mass is 10.2. The van der Waals surface area contributed by atoms with Gasteiger partial charge in [-0.05, 0) is 29.8 Å². The Kier molecular flexibility index (Phi) is 3.35. The van der Waals surface area contributed by atoms with Gasteiger partial charge in [0, 0.05) is 31.4 Å². The number of non-ortho nitro benzene ring substituents is 1. The molecule has 0 aromatic heterocycles. The van der Waals surface area contributed by atoms with Crippen molar-refractivity contribution < 1.29 is 14.4 Å². The van der Waals surface area contributed by atoms with Crippen LogP contribution in [0.5, 0.6) is 11.5 Å². The van der Waals surface area contributed by atoms with Crippen LogP contribution in [0.15, 0.2) is 42.5 Å². The van der Waals surface area contributed by atoms with Gasteiger partial charge in [-0.2, -0.15) is 0 Å². The summed E-state index contributed by atoms with van der Waals surface area (Å²) in [5, 5.41) is 10.6. The Morgan fingerprint density at radius 3 is 2.57 bits per heavy atom. The van der Waals surface area contributed by atoms with Crippen molar-refractivity contribution in [3.8, 4) is 11.5 Å². The second-order valence-corrected chi connectivity index (χ2v) is 4.82. The number of nitrogens with zero attached hydrogens (tertiary/aromatic N) is 2. The molecule has 0 N–H and O–H groups in total. The highest BCUT2D eigenvalue weighted by Gasteiger charge is 2.14. The van der Waals surface area contributed by atoms with E-state index in [0.29, 0.717) is 6.54 Å². The van der Waals surface area contributed by atoms with E-state index in [1.54, 1.807) is 12.1 Å². The second-order valence-electron chi connectivity index (χ2n) is 4.82. The number of ether oxygens (including phenoxy) is 2. The fourth-order valence-electron chi connectivity index (χ4n) is 2.23. The molecule has 0 saturated carbocycles. The number of nitro benzene ring substituents is 1. The Morgan fingerprint density at radius 2 is 1.86 bits per heavy atom. The van der Waals surface area contributed by atoms with Crippen LogP contribution in [0.25, 0.3) is 0 Å². The van der Waals surface area contributed by atoms with Crippen molar-refractivity contribution >= 4 is 11.4 Å². The smallest absolute Gasteiger partial charge is 0.269 e. The molecule has 0 amide bonds. The van der Waals surface area contributed by atoms with Gasteiger partial charge in [-0.25, -0.2) is 0 Å². The summed E-state index contributed by atoms with van der Waals surface area (Å²) in [7, 11) is 1.94. The number of hydrogen-bond acceptors (Lipinski definition) is 5. The number of benzene rings is 2. The molecule has 1 aliphatic heterocycles. The molecule has 0 spiro atoms. The van der Waals surface area contributed by atoms with Gasteiger partial charge in [-0.15, -0.1) is 0 Å². The molecular formula is C15H14N2O4. The average molecular weight is 286 g/mol. The molecule has 1 aliphatic rings. The van der Waals surface area contributed by atoms with Crippen LogP contribution < -0.4 is 14.4 Å². The normalized spacial score (nSPS) is 12.2. The van der Waals surface area contributed by atoms with Gasteiger partial charge in [0.1, 0.15) is 0 Å². The summed E-state index contributed by atoms with van der Waals surface area (Å²) in [6, 6.07) is 12.3. The highest BCUT2D eigenvalue weighted by Crippen LogP contribution is 2.33. The molecule has 6 heteroatoms. The van der Waals surface area contributed by atoms with Crippen LogP contribution in [0.3, 0.4) is 0 Å². The van der Waals surface area contributed by atoms with Crippen LogP contribution in [0.4, 0.5) is 11.4 Å². The first-order valence-corrected chi connectivity index (χ1v) is 6.47. The lowest BCUT2D eigenvalue weighted by Gasteiger charge is -2.19. The van der Waals surface area contributed by atoms with Gasteiger partial charge in [0.25, 0.3) is 5.69 Å². The van der Waals surface area contributed by atoms with Gasteiger partial charge in [-0.3, -0.25) is 10.1 Å². The standard InChI is InChI=1S/C15H14N2O4/c1-16(12-3-5-13(6-4-12)17(18)19)9-11-2-7-14-15(8-11)21-10-20-14/h2-8H,9-10H2,1H3. The summed E-state index contributed by atoms with van der Waals surface area (Å²) < 4.78 is 10.6. The molecule has 0 atom stereocenters. The minimum atomic E-state index is -0.401. The molecule has 0 unspecified atom stereocenters. The van der Waals surface area contributed by atoms with Crippen molar-refractivity contribution in [3.63, 3.8) is 0 Å². The number of hydrogen-bond donors (Lipinski definition) is 0. The summed E-state index contributed by atoms with van der Waals surface area (Å²) in [6.45, 7) is 0.936. The third kappa shape index (κ3) is 2.74. The Labute approximate surface area is 121 Å². The maximum atomic E-state index is 10.6. The lowest BCUT2D eigenvalue weighted by Crippen LogP contribution is -2.16. The predicted molar refractivity (Wildman–Crippen MR) is 77.8 cm³/mol. The Bertz CT molecular complexity index is 670. The molecule has 0 saturated heterocycles. The maximum Gasteiger partial charge on any atom is 0.269 e. The zero-order chi connectivity index (χ0) is 14.8. The first-order valence-electron chi connectivity index (χ1n) is 6.47. The van der Waals surface area contributed by atoms with E-state index >= 15 is 0 Å². The van der Waals surface area contributed by atoms with Crippen LogP contribution in [0.1, 0.15) is 5.56 Å². The minimum Gasteiger partial charge on any atom is -0.454 e. The third-order valence-electron chi connectivity index (χ3n) is 3.36. The molecule has 2 aromatic rings. The lowest BCUT2D eigenvalue weighted by molar-refractivity contribution is -0.384. The first kappa shape index (κ1) is 13.2. The van der Waals surface area contributed by atoms with Crippen molar-refractivity contribution in [2.24, 2.45) is 0 Å². The molecule has 108 valence electrons. The average Bonchev–Trinajstić information content (AvgIpc) is 2.95. The van der Waals surface area contributed by atoms with E-state index in [0.717, 1.165) is 22.7 Å². The van der Waals surface area contributed by atoms with E-state index in [1.807, 2.05) is 30.1 Å². The number of anilines is 1. The fourth-order valence-corrected chi connectivity index (χ4v) is 2.23. The molecule has 0 aliphatic carbocycles. The zero-order valence-corrected chi connectivity index (χ0v) is 11.5. The highest BCUT2D eigenvalue weighted by atomic mass is 16.7. The molecule has 2 aromatic carbocycles. The summed E-state index contributed by atoms with van der Waals surface area (Å²) in [6.07, 6.45) is 0. The zero-order valence-electron chi connectivity index (χ0n) is 11.5. The molecule has 0 bridgehead atoms. The van der Waals surface area contributed by atoms with Crippen molar-refractivity contribution in [1.29, 1.82) is 0 Å². The van der Waals surface area contributed by atoms with Gasteiger partial charge in [0.05, 0.1) is 4.92 Å². The quantitative estimate of drug-likeness (QED) is 0.638. The fraction of sp³-hybridized carbons (Fsp3) is 0.200. The van der Waals surface area contributed by atoms with Crippen LogP contribution >= 0.6 is 0 Å². The van der Waals surface area contributed by atoms with E-state index in [1.165, 1.54) is 12.1 Å². The van der Waals surface area contributed by atoms with Crippen LogP contribution in [-0.4, -0.2) is 18.8 Å². The topological polar surface area (TPSA) is 64.8 Å². The van der Waals surface area contributed by atoms with Crippen molar-refractivity contribution in [2.75, 3.05) is 18.7 Å². The van der Waals surface area contributed by atoms with Crippen molar-refractivity contribution in [1.82, 2.24) is 0 Å². The summed E-state index contributed by atoms with van der Waals surface area (Å²) in [5.41, 5.74) is 2.09. The number of fused-ring (bicyclic) bond motifs is 1. The predicted octanol–water partition coefficient (Wildman–Crippen LogP) is 2.96. The van der Waals surface area contributed by atoms with E-state index in [9.17, 15) is 10.1 Å².